The van der Waals surface area contributed by atoms with E-state index in [1.807, 2.05) is 18.4 Å². The minimum Gasteiger partial charge on any atom is -0.376 e. The van der Waals surface area contributed by atoms with Crippen molar-refractivity contribution in [2.45, 2.75) is 83.9 Å². The molecule has 2 aliphatic rings. The zero-order valence-corrected chi connectivity index (χ0v) is 18.0. The summed E-state index contributed by atoms with van der Waals surface area (Å²) in [6.07, 6.45) is 8.91. The molecule has 5 nitrogen and oxygen atoms in total. The molecule has 1 aliphatic carbocycles. The largest absolute Gasteiger partial charge is 0.376 e. The van der Waals surface area contributed by atoms with Crippen molar-refractivity contribution in [1.82, 2.24) is 14.9 Å². The monoisotopic (exact) mass is 413 g/mol. The van der Waals surface area contributed by atoms with Crippen molar-refractivity contribution >= 4 is 5.91 Å². The maximum Gasteiger partial charge on any atom is 0.271 e. The molecule has 1 saturated heterocycles. The molecule has 1 aliphatic heterocycles. The molecule has 4 rings (SSSR count). The van der Waals surface area contributed by atoms with Gasteiger partial charge in [0.2, 0.25) is 0 Å². The minimum absolute atomic E-state index is 0.0912. The van der Waals surface area contributed by atoms with Crippen LogP contribution in [-0.4, -0.2) is 34.2 Å². The fourth-order valence-corrected chi connectivity index (χ4v) is 4.67. The van der Waals surface area contributed by atoms with Gasteiger partial charge in [0.1, 0.15) is 17.3 Å². The average Bonchev–Trinajstić information content (AvgIpc) is 3.07. The first kappa shape index (κ1) is 21.0. The molecule has 162 valence electrons. The number of halogens is 1. The third kappa shape index (κ3) is 4.59. The second-order valence-corrected chi connectivity index (χ2v) is 8.74. The number of aromatic nitrogens is 2. The summed E-state index contributed by atoms with van der Waals surface area (Å²) < 4.78 is 22.1. The van der Waals surface area contributed by atoms with E-state index >= 15 is 0 Å². The van der Waals surface area contributed by atoms with Crippen LogP contribution in [0.15, 0.2) is 18.2 Å². The van der Waals surface area contributed by atoms with E-state index in [9.17, 15) is 9.18 Å². The smallest absolute Gasteiger partial charge is 0.271 e. The van der Waals surface area contributed by atoms with Gasteiger partial charge in [-0.3, -0.25) is 4.79 Å². The van der Waals surface area contributed by atoms with Crippen LogP contribution in [0.4, 0.5) is 4.39 Å². The van der Waals surface area contributed by atoms with Crippen LogP contribution in [0.3, 0.4) is 0 Å². The summed E-state index contributed by atoms with van der Waals surface area (Å²) in [4.78, 5) is 17.8. The number of nitrogens with one attached hydrogen (secondary N) is 1. The molecular weight excluding hydrogens is 381 g/mol. The standard InChI is InChI=1S/C24H32FN3O2/c1-16-11-12-18(25)14-21(16)23-27-22(24(29)26-19-8-4-3-5-9-19)17(2)28(23)15-20-10-6-7-13-30-20/h11-12,14,19-20H,3-10,13,15H2,1-2H3,(H,26,29). The maximum absolute atomic E-state index is 14.1. The highest BCUT2D eigenvalue weighted by atomic mass is 19.1. The van der Waals surface area contributed by atoms with Gasteiger partial charge >= 0.3 is 0 Å². The van der Waals surface area contributed by atoms with Gasteiger partial charge in [0, 0.05) is 23.9 Å². The molecule has 2 fully saturated rings. The van der Waals surface area contributed by atoms with E-state index in [0.29, 0.717) is 18.1 Å². The number of amides is 1. The van der Waals surface area contributed by atoms with Gasteiger partial charge in [0.15, 0.2) is 0 Å². The predicted octanol–water partition coefficient (Wildman–Crippen LogP) is 4.94. The number of carbonyl (C=O) groups excluding carboxylic acids is 1. The summed E-state index contributed by atoms with van der Waals surface area (Å²) in [5, 5.41) is 3.18. The summed E-state index contributed by atoms with van der Waals surface area (Å²) in [6, 6.07) is 4.95. The van der Waals surface area contributed by atoms with Crippen LogP contribution in [0, 0.1) is 19.7 Å². The van der Waals surface area contributed by atoms with Crippen molar-refractivity contribution in [2.75, 3.05) is 6.61 Å². The lowest BCUT2D eigenvalue weighted by Gasteiger charge is -2.24. The van der Waals surface area contributed by atoms with E-state index in [0.717, 1.165) is 68.4 Å². The molecule has 2 heterocycles. The van der Waals surface area contributed by atoms with Gasteiger partial charge in [-0.15, -0.1) is 0 Å². The topological polar surface area (TPSA) is 56.2 Å². The molecule has 2 aromatic rings. The Kier molecular flexibility index (Phi) is 6.52. The Labute approximate surface area is 178 Å². The zero-order valence-electron chi connectivity index (χ0n) is 18.0. The van der Waals surface area contributed by atoms with Crippen LogP contribution in [0.1, 0.15) is 73.1 Å². The summed E-state index contributed by atoms with van der Waals surface area (Å²) in [6.45, 7) is 5.27. The Morgan fingerprint density at radius 1 is 1.17 bits per heavy atom. The zero-order chi connectivity index (χ0) is 21.1. The lowest BCUT2D eigenvalue weighted by atomic mass is 9.95. The van der Waals surface area contributed by atoms with E-state index in [2.05, 4.69) is 5.32 Å². The number of aryl methyl sites for hydroxylation is 1. The molecule has 0 radical (unpaired) electrons. The van der Waals surface area contributed by atoms with Crippen LogP contribution in [0.5, 0.6) is 0 Å². The number of imidazole rings is 1. The Balaban J connectivity index is 1.68. The molecule has 1 saturated carbocycles. The molecule has 1 amide bonds. The lowest BCUT2D eigenvalue weighted by molar-refractivity contribution is 0.00593. The molecule has 1 aromatic carbocycles. The van der Waals surface area contributed by atoms with Crippen LogP contribution < -0.4 is 5.32 Å². The number of ether oxygens (including phenoxy) is 1. The maximum atomic E-state index is 14.1. The molecule has 30 heavy (non-hydrogen) atoms. The van der Waals surface area contributed by atoms with Crippen LogP contribution in [0.2, 0.25) is 0 Å². The third-order valence-electron chi connectivity index (χ3n) is 6.48. The molecular formula is C24H32FN3O2. The Morgan fingerprint density at radius 2 is 1.93 bits per heavy atom. The number of rotatable bonds is 5. The number of hydrogen-bond donors (Lipinski definition) is 1. The van der Waals surface area contributed by atoms with Crippen molar-refractivity contribution in [3.63, 3.8) is 0 Å². The van der Waals surface area contributed by atoms with Gasteiger partial charge < -0.3 is 14.6 Å². The normalized spacial score (nSPS) is 20.3. The van der Waals surface area contributed by atoms with E-state index in [1.54, 1.807) is 6.07 Å². The highest BCUT2D eigenvalue weighted by Crippen LogP contribution is 2.28. The van der Waals surface area contributed by atoms with Crippen molar-refractivity contribution in [3.05, 3.63) is 41.0 Å². The number of nitrogens with zero attached hydrogens (tertiary/aromatic N) is 2. The van der Waals surface area contributed by atoms with Gasteiger partial charge in [-0.1, -0.05) is 25.3 Å². The average molecular weight is 414 g/mol. The second kappa shape index (κ2) is 9.29. The quantitative estimate of drug-likeness (QED) is 0.756. The van der Waals surface area contributed by atoms with Gasteiger partial charge in [0.25, 0.3) is 5.91 Å². The molecule has 1 N–H and O–H groups in total. The van der Waals surface area contributed by atoms with E-state index in [4.69, 9.17) is 9.72 Å². The number of carbonyl (C=O) groups is 1. The van der Waals surface area contributed by atoms with Crippen LogP contribution in [-0.2, 0) is 11.3 Å². The second-order valence-electron chi connectivity index (χ2n) is 8.74. The Bertz CT molecular complexity index is 896. The van der Waals surface area contributed by atoms with E-state index in [1.165, 1.54) is 18.6 Å². The Morgan fingerprint density at radius 3 is 2.67 bits per heavy atom. The van der Waals surface area contributed by atoms with Gasteiger partial charge in [-0.25, -0.2) is 9.37 Å². The number of benzene rings is 1. The highest BCUT2D eigenvalue weighted by molar-refractivity contribution is 5.94. The van der Waals surface area contributed by atoms with Crippen LogP contribution in [0.25, 0.3) is 11.4 Å². The first-order chi connectivity index (χ1) is 14.5. The summed E-state index contributed by atoms with van der Waals surface area (Å²) in [5.74, 6) is 0.218. The van der Waals surface area contributed by atoms with Crippen molar-refractivity contribution in [2.24, 2.45) is 0 Å². The molecule has 1 atom stereocenters. The first-order valence-electron chi connectivity index (χ1n) is 11.3. The Hall–Kier alpha value is -2.21. The molecule has 0 spiro atoms. The SMILES string of the molecule is Cc1ccc(F)cc1-c1nc(C(=O)NC2CCCCC2)c(C)n1CC1CCCCO1. The van der Waals surface area contributed by atoms with E-state index < -0.39 is 0 Å². The third-order valence-corrected chi connectivity index (χ3v) is 6.48. The predicted molar refractivity (Wildman–Crippen MR) is 115 cm³/mol. The van der Waals surface area contributed by atoms with Crippen molar-refractivity contribution in [1.29, 1.82) is 0 Å². The van der Waals surface area contributed by atoms with Crippen molar-refractivity contribution in [3.8, 4) is 11.4 Å². The lowest BCUT2D eigenvalue weighted by Crippen LogP contribution is -2.36. The minimum atomic E-state index is -0.301. The number of hydrogen-bond acceptors (Lipinski definition) is 3. The highest BCUT2D eigenvalue weighted by Gasteiger charge is 2.26. The van der Waals surface area contributed by atoms with E-state index in [-0.39, 0.29) is 23.9 Å². The molecule has 1 aromatic heterocycles. The molecule has 1 unspecified atom stereocenters. The summed E-state index contributed by atoms with van der Waals surface area (Å²) >= 11 is 0. The van der Waals surface area contributed by atoms with Gasteiger partial charge in [0.05, 0.1) is 12.6 Å². The van der Waals surface area contributed by atoms with Gasteiger partial charge in [-0.2, -0.15) is 0 Å². The summed E-state index contributed by atoms with van der Waals surface area (Å²) in [5.41, 5.74) is 2.92. The van der Waals surface area contributed by atoms with Crippen LogP contribution >= 0.6 is 0 Å². The molecule has 6 heteroatoms. The molecule has 0 bridgehead atoms. The fraction of sp³-hybridized carbons (Fsp3) is 0.583. The van der Waals surface area contributed by atoms with Crippen molar-refractivity contribution < 1.29 is 13.9 Å². The fourth-order valence-electron chi connectivity index (χ4n) is 4.67. The van der Waals surface area contributed by atoms with Gasteiger partial charge in [-0.05, 0) is 63.6 Å². The first-order valence-corrected chi connectivity index (χ1v) is 11.3. The summed E-state index contributed by atoms with van der Waals surface area (Å²) in [7, 11) is 0.